The summed E-state index contributed by atoms with van der Waals surface area (Å²) in [7, 11) is 1.65. The third-order valence-corrected chi connectivity index (χ3v) is 3.74. The van der Waals surface area contributed by atoms with Crippen molar-refractivity contribution in [3.63, 3.8) is 0 Å². The van der Waals surface area contributed by atoms with Crippen LogP contribution in [0.5, 0.6) is 0 Å². The molecule has 1 aliphatic rings. The van der Waals surface area contributed by atoms with Gasteiger partial charge in [-0.25, -0.2) is 9.50 Å². The fourth-order valence-electron chi connectivity index (χ4n) is 2.64. The lowest BCUT2D eigenvalue weighted by Crippen LogP contribution is -2.43. The first-order chi connectivity index (χ1) is 10.1. The number of amides is 1. The SMILES string of the molecule is CO[C@H]1CNC[C@@H]1NC(=O)c1cc(C)n2nc(C)cc2n1.Cl.Cl. The number of nitrogens with zero attached hydrogens (tertiary/aromatic N) is 3. The highest BCUT2D eigenvalue weighted by molar-refractivity contribution is 5.93. The lowest BCUT2D eigenvalue weighted by molar-refractivity contribution is 0.0776. The number of ether oxygens (including phenoxy) is 1. The smallest absolute Gasteiger partial charge is 0.270 e. The average molecular weight is 362 g/mol. The van der Waals surface area contributed by atoms with Gasteiger partial charge in [0.25, 0.3) is 5.91 Å². The normalized spacial score (nSPS) is 20.0. The molecular formula is C14H21Cl2N5O2. The molecule has 1 amide bonds. The molecule has 0 unspecified atom stereocenters. The monoisotopic (exact) mass is 361 g/mol. The molecule has 7 nitrogen and oxygen atoms in total. The molecule has 23 heavy (non-hydrogen) atoms. The molecule has 0 radical (unpaired) electrons. The van der Waals surface area contributed by atoms with E-state index in [4.69, 9.17) is 4.74 Å². The van der Waals surface area contributed by atoms with Crippen molar-refractivity contribution in [1.82, 2.24) is 25.2 Å². The van der Waals surface area contributed by atoms with E-state index in [0.29, 0.717) is 17.9 Å². The molecular weight excluding hydrogens is 341 g/mol. The van der Waals surface area contributed by atoms with E-state index in [1.54, 1.807) is 17.7 Å². The number of aryl methyl sites for hydroxylation is 2. The van der Waals surface area contributed by atoms with Crippen molar-refractivity contribution in [2.75, 3.05) is 20.2 Å². The van der Waals surface area contributed by atoms with Crippen LogP contribution in [0.25, 0.3) is 5.65 Å². The summed E-state index contributed by atoms with van der Waals surface area (Å²) in [6.07, 6.45) is -0.00371. The van der Waals surface area contributed by atoms with Crippen molar-refractivity contribution >= 4 is 36.4 Å². The van der Waals surface area contributed by atoms with Crippen LogP contribution >= 0.6 is 24.8 Å². The van der Waals surface area contributed by atoms with Crippen LogP contribution in [0.15, 0.2) is 12.1 Å². The quantitative estimate of drug-likeness (QED) is 0.848. The Labute approximate surface area is 147 Å². The standard InChI is InChI=1S/C14H19N5O2.2ClH/c1-8-4-13-16-10(5-9(2)19(13)18-8)14(20)17-11-6-15-7-12(11)21-3;;/h4-5,11-12,15H,6-7H2,1-3H3,(H,17,20);2*1H/t11-,12-;;/m0../s1. The van der Waals surface area contributed by atoms with E-state index in [2.05, 4.69) is 20.7 Å². The molecule has 0 aromatic carbocycles. The molecule has 0 bridgehead atoms. The fraction of sp³-hybridized carbons (Fsp3) is 0.500. The van der Waals surface area contributed by atoms with Gasteiger partial charge in [-0.05, 0) is 19.9 Å². The predicted octanol–water partition coefficient (Wildman–Crippen LogP) is 0.906. The van der Waals surface area contributed by atoms with Crippen LogP contribution in [-0.4, -0.2) is 52.9 Å². The van der Waals surface area contributed by atoms with Crippen molar-refractivity contribution in [2.24, 2.45) is 0 Å². The number of fused-ring (bicyclic) bond motifs is 1. The Bertz CT molecular complexity index is 691. The van der Waals surface area contributed by atoms with E-state index in [1.807, 2.05) is 19.9 Å². The van der Waals surface area contributed by atoms with E-state index in [9.17, 15) is 4.79 Å². The van der Waals surface area contributed by atoms with Gasteiger partial charge in [-0.1, -0.05) is 0 Å². The number of aromatic nitrogens is 3. The second kappa shape index (κ2) is 7.92. The summed E-state index contributed by atoms with van der Waals surface area (Å²) in [6.45, 7) is 5.26. The molecule has 1 aliphatic heterocycles. The highest BCUT2D eigenvalue weighted by atomic mass is 35.5. The summed E-state index contributed by atoms with van der Waals surface area (Å²) < 4.78 is 7.08. The zero-order valence-corrected chi connectivity index (χ0v) is 14.8. The van der Waals surface area contributed by atoms with Gasteiger partial charge in [-0.2, -0.15) is 5.10 Å². The van der Waals surface area contributed by atoms with Crippen LogP contribution in [0.2, 0.25) is 0 Å². The van der Waals surface area contributed by atoms with Crippen molar-refractivity contribution < 1.29 is 9.53 Å². The first kappa shape index (κ1) is 19.6. The van der Waals surface area contributed by atoms with Crippen LogP contribution in [-0.2, 0) is 4.74 Å². The predicted molar refractivity (Wildman–Crippen MR) is 91.9 cm³/mol. The Morgan fingerprint density at radius 2 is 2.09 bits per heavy atom. The lowest BCUT2D eigenvalue weighted by Gasteiger charge is -2.18. The van der Waals surface area contributed by atoms with E-state index < -0.39 is 0 Å². The molecule has 9 heteroatoms. The van der Waals surface area contributed by atoms with Crippen molar-refractivity contribution in [3.8, 4) is 0 Å². The summed E-state index contributed by atoms with van der Waals surface area (Å²) in [5.41, 5.74) is 2.85. The fourth-order valence-corrected chi connectivity index (χ4v) is 2.64. The number of halogens is 2. The Morgan fingerprint density at radius 1 is 1.35 bits per heavy atom. The van der Waals surface area contributed by atoms with E-state index >= 15 is 0 Å². The molecule has 1 fully saturated rings. The minimum absolute atomic E-state index is 0. The van der Waals surface area contributed by atoms with Crippen LogP contribution in [0.4, 0.5) is 0 Å². The van der Waals surface area contributed by atoms with E-state index in [0.717, 1.165) is 17.9 Å². The Balaban J connectivity index is 0.00000132. The molecule has 3 heterocycles. The highest BCUT2D eigenvalue weighted by Gasteiger charge is 2.28. The number of rotatable bonds is 3. The summed E-state index contributed by atoms with van der Waals surface area (Å²) in [4.78, 5) is 16.8. The minimum Gasteiger partial charge on any atom is -0.378 e. The van der Waals surface area contributed by atoms with Gasteiger partial charge >= 0.3 is 0 Å². The summed E-state index contributed by atoms with van der Waals surface area (Å²) in [5, 5.41) is 10.5. The maximum atomic E-state index is 12.4. The van der Waals surface area contributed by atoms with Gasteiger partial charge in [0.1, 0.15) is 5.69 Å². The Hall–Kier alpha value is -1.41. The third kappa shape index (κ3) is 3.92. The van der Waals surface area contributed by atoms with E-state index in [-0.39, 0.29) is 42.9 Å². The van der Waals surface area contributed by atoms with Gasteiger partial charge in [0.2, 0.25) is 0 Å². The van der Waals surface area contributed by atoms with Crippen molar-refractivity contribution in [2.45, 2.75) is 26.0 Å². The largest absolute Gasteiger partial charge is 0.378 e. The molecule has 1 saturated heterocycles. The van der Waals surface area contributed by atoms with Gasteiger partial charge in [-0.15, -0.1) is 24.8 Å². The maximum Gasteiger partial charge on any atom is 0.270 e. The minimum atomic E-state index is -0.185. The number of hydrogen-bond acceptors (Lipinski definition) is 5. The topological polar surface area (TPSA) is 80.5 Å². The molecule has 2 N–H and O–H groups in total. The molecule has 2 aromatic heterocycles. The maximum absolute atomic E-state index is 12.4. The average Bonchev–Trinajstić information content (AvgIpc) is 3.04. The van der Waals surface area contributed by atoms with Crippen LogP contribution in [0, 0.1) is 13.8 Å². The van der Waals surface area contributed by atoms with Crippen molar-refractivity contribution in [1.29, 1.82) is 0 Å². The summed E-state index contributed by atoms with van der Waals surface area (Å²) in [6, 6.07) is 3.57. The summed E-state index contributed by atoms with van der Waals surface area (Å²) >= 11 is 0. The van der Waals surface area contributed by atoms with Crippen LogP contribution < -0.4 is 10.6 Å². The van der Waals surface area contributed by atoms with E-state index in [1.165, 1.54) is 0 Å². The molecule has 3 rings (SSSR count). The molecule has 2 aromatic rings. The number of hydrogen-bond donors (Lipinski definition) is 2. The first-order valence-electron chi connectivity index (χ1n) is 6.97. The Morgan fingerprint density at radius 3 is 2.78 bits per heavy atom. The molecule has 0 spiro atoms. The molecule has 0 aliphatic carbocycles. The number of carbonyl (C=O) groups is 1. The van der Waals surface area contributed by atoms with Gasteiger partial charge in [0.15, 0.2) is 5.65 Å². The molecule has 0 saturated carbocycles. The second-order valence-electron chi connectivity index (χ2n) is 5.35. The number of methoxy groups -OCH3 is 1. The number of carbonyl (C=O) groups excluding carboxylic acids is 1. The van der Waals surface area contributed by atoms with Crippen molar-refractivity contribution in [3.05, 3.63) is 29.2 Å². The number of nitrogens with one attached hydrogen (secondary N) is 2. The van der Waals surface area contributed by atoms with Gasteiger partial charge in [0, 0.05) is 32.0 Å². The lowest BCUT2D eigenvalue weighted by atomic mass is 10.2. The summed E-state index contributed by atoms with van der Waals surface area (Å²) in [5.74, 6) is -0.185. The Kier molecular flexibility index (Phi) is 6.76. The second-order valence-corrected chi connectivity index (χ2v) is 5.35. The zero-order chi connectivity index (χ0) is 15.0. The molecule has 128 valence electrons. The zero-order valence-electron chi connectivity index (χ0n) is 13.2. The van der Waals surface area contributed by atoms with Crippen LogP contribution in [0.1, 0.15) is 21.9 Å². The van der Waals surface area contributed by atoms with Gasteiger partial charge in [0.05, 0.1) is 17.8 Å². The highest BCUT2D eigenvalue weighted by Crippen LogP contribution is 2.10. The van der Waals surface area contributed by atoms with Gasteiger partial charge in [-0.3, -0.25) is 4.79 Å². The molecule has 2 atom stereocenters. The van der Waals surface area contributed by atoms with Gasteiger partial charge < -0.3 is 15.4 Å². The van der Waals surface area contributed by atoms with Crippen LogP contribution in [0.3, 0.4) is 0 Å². The first-order valence-corrected chi connectivity index (χ1v) is 6.97. The third-order valence-electron chi connectivity index (χ3n) is 3.74.